The third kappa shape index (κ3) is 10.3. The number of carbonyl (C=O) groups is 2. The lowest BCUT2D eigenvalue weighted by atomic mass is 9.82. The molecular formula is C32H47NO7. The molecule has 2 rings (SSSR count). The van der Waals surface area contributed by atoms with Gasteiger partial charge in [0.2, 0.25) is 5.91 Å². The van der Waals surface area contributed by atoms with Gasteiger partial charge in [0.05, 0.1) is 40.3 Å². The van der Waals surface area contributed by atoms with E-state index in [-0.39, 0.29) is 18.7 Å². The molecule has 0 heterocycles. The van der Waals surface area contributed by atoms with Crippen molar-refractivity contribution in [3.05, 3.63) is 47.5 Å². The van der Waals surface area contributed by atoms with E-state index in [9.17, 15) is 14.7 Å². The minimum atomic E-state index is -1.03. The predicted molar refractivity (Wildman–Crippen MR) is 157 cm³/mol. The van der Waals surface area contributed by atoms with E-state index in [1.807, 2.05) is 12.1 Å². The number of nitrogens with one attached hydrogen (secondary N) is 1. The van der Waals surface area contributed by atoms with Gasteiger partial charge in [-0.1, -0.05) is 64.0 Å². The molecule has 0 aliphatic heterocycles. The highest BCUT2D eigenvalue weighted by Gasteiger charge is 2.34. The van der Waals surface area contributed by atoms with E-state index < -0.39 is 17.8 Å². The minimum Gasteiger partial charge on any atom is -0.493 e. The van der Waals surface area contributed by atoms with Crippen LogP contribution in [0.1, 0.15) is 69.4 Å². The molecule has 0 bridgehead atoms. The van der Waals surface area contributed by atoms with Gasteiger partial charge in [0.15, 0.2) is 23.0 Å². The summed E-state index contributed by atoms with van der Waals surface area (Å²) >= 11 is 0. The number of hydrogen-bond acceptors (Lipinski definition) is 6. The molecule has 0 radical (unpaired) electrons. The van der Waals surface area contributed by atoms with Crippen LogP contribution in [-0.2, 0) is 22.4 Å². The second-order valence-electron chi connectivity index (χ2n) is 10.1. The molecule has 40 heavy (non-hydrogen) atoms. The van der Waals surface area contributed by atoms with E-state index in [0.717, 1.165) is 30.4 Å². The molecule has 0 unspecified atom stereocenters. The second kappa shape index (κ2) is 18.0. The zero-order valence-electron chi connectivity index (χ0n) is 24.8. The molecule has 0 aromatic heterocycles. The van der Waals surface area contributed by atoms with Gasteiger partial charge in [-0.25, -0.2) is 0 Å². The third-order valence-electron chi connectivity index (χ3n) is 7.28. The summed E-state index contributed by atoms with van der Waals surface area (Å²) in [5.74, 6) is -0.856. The molecule has 2 aromatic rings. The molecule has 0 fully saturated rings. The van der Waals surface area contributed by atoms with Crippen LogP contribution in [0.4, 0.5) is 0 Å². The van der Waals surface area contributed by atoms with Crippen molar-refractivity contribution < 1.29 is 33.6 Å². The van der Waals surface area contributed by atoms with E-state index in [1.165, 1.54) is 39.2 Å². The van der Waals surface area contributed by atoms with E-state index in [4.69, 9.17) is 18.9 Å². The fourth-order valence-electron chi connectivity index (χ4n) is 4.94. The standard InChI is InChI=1S/C32H47NO7/c1-6-7-8-9-10-11-12-13-18-33-31(34)25(19-23-14-16-27(37-2)29(21-23)39-4)26(32(35)36)20-24-15-17-28(38-3)30(22-24)40-5/h14-17,21-22,25-26H,6-13,18-20H2,1-5H3,(H,33,34)(H,35,36)/t25-,26-/m1/s1. The Balaban J connectivity index is 2.19. The summed E-state index contributed by atoms with van der Waals surface area (Å²) in [6, 6.07) is 10.7. The molecule has 1 amide bonds. The Kier molecular flexibility index (Phi) is 14.8. The van der Waals surface area contributed by atoms with Gasteiger partial charge in [-0.2, -0.15) is 0 Å². The summed E-state index contributed by atoms with van der Waals surface area (Å²) in [6.45, 7) is 2.74. The van der Waals surface area contributed by atoms with Gasteiger partial charge in [0.25, 0.3) is 0 Å². The molecule has 0 saturated heterocycles. The lowest BCUT2D eigenvalue weighted by molar-refractivity contribution is -0.147. The Morgan fingerprint density at radius 2 is 1.12 bits per heavy atom. The summed E-state index contributed by atoms with van der Waals surface area (Å²) in [5, 5.41) is 13.3. The number of amides is 1. The molecule has 0 saturated carbocycles. The highest BCUT2D eigenvalue weighted by atomic mass is 16.5. The summed E-state index contributed by atoms with van der Waals surface area (Å²) in [5.41, 5.74) is 1.54. The average molecular weight is 558 g/mol. The molecule has 2 atom stereocenters. The molecule has 0 aliphatic rings. The van der Waals surface area contributed by atoms with Crippen LogP contribution in [0, 0.1) is 11.8 Å². The molecule has 222 valence electrons. The predicted octanol–water partition coefficient (Wildman–Crippen LogP) is 6.08. The average Bonchev–Trinajstić information content (AvgIpc) is 2.97. The SMILES string of the molecule is CCCCCCCCCCNC(=O)[C@H](Cc1ccc(OC)c(OC)c1)[C@@H](Cc1ccc(OC)c(OC)c1)C(=O)O. The zero-order valence-corrected chi connectivity index (χ0v) is 24.8. The smallest absolute Gasteiger partial charge is 0.307 e. The largest absolute Gasteiger partial charge is 0.493 e. The molecule has 0 aliphatic carbocycles. The van der Waals surface area contributed by atoms with Gasteiger partial charge in [-0.15, -0.1) is 0 Å². The first-order valence-corrected chi connectivity index (χ1v) is 14.3. The number of benzene rings is 2. The first-order chi connectivity index (χ1) is 19.4. The monoisotopic (exact) mass is 557 g/mol. The number of carbonyl (C=O) groups excluding carboxylic acids is 1. The Labute approximate surface area is 239 Å². The molecule has 8 heteroatoms. The van der Waals surface area contributed by atoms with Crippen molar-refractivity contribution in [2.24, 2.45) is 11.8 Å². The normalized spacial score (nSPS) is 12.3. The van der Waals surface area contributed by atoms with Crippen molar-refractivity contribution in [1.82, 2.24) is 5.32 Å². The van der Waals surface area contributed by atoms with Gasteiger partial charge < -0.3 is 29.4 Å². The number of carboxylic acids is 1. The number of methoxy groups -OCH3 is 4. The van der Waals surface area contributed by atoms with Crippen molar-refractivity contribution in [1.29, 1.82) is 0 Å². The number of hydrogen-bond donors (Lipinski definition) is 2. The molecule has 8 nitrogen and oxygen atoms in total. The molecule has 2 N–H and O–H groups in total. The highest BCUT2D eigenvalue weighted by molar-refractivity contribution is 5.85. The van der Waals surface area contributed by atoms with Crippen LogP contribution >= 0.6 is 0 Å². The summed E-state index contributed by atoms with van der Waals surface area (Å²) in [7, 11) is 6.19. The zero-order chi connectivity index (χ0) is 29.3. The van der Waals surface area contributed by atoms with Crippen LogP contribution in [-0.4, -0.2) is 52.0 Å². The topological polar surface area (TPSA) is 103 Å². The number of unbranched alkanes of at least 4 members (excludes halogenated alkanes) is 7. The first kappa shape index (κ1) is 32.8. The lowest BCUT2D eigenvalue weighted by Crippen LogP contribution is -2.40. The minimum absolute atomic E-state index is 0.165. The number of aliphatic carboxylic acids is 1. The van der Waals surface area contributed by atoms with Crippen molar-refractivity contribution in [2.75, 3.05) is 35.0 Å². The quantitative estimate of drug-likeness (QED) is 0.190. The Hall–Kier alpha value is -3.42. The fraction of sp³-hybridized carbons (Fsp3) is 0.562. The van der Waals surface area contributed by atoms with Gasteiger partial charge in [-0.3, -0.25) is 9.59 Å². The highest BCUT2D eigenvalue weighted by Crippen LogP contribution is 2.32. The number of ether oxygens (including phenoxy) is 4. The van der Waals surface area contributed by atoms with Crippen molar-refractivity contribution >= 4 is 11.9 Å². The first-order valence-electron chi connectivity index (χ1n) is 14.3. The van der Waals surface area contributed by atoms with Crippen LogP contribution in [0.15, 0.2) is 36.4 Å². The van der Waals surface area contributed by atoms with Gasteiger partial charge >= 0.3 is 5.97 Å². The maximum absolute atomic E-state index is 13.5. The van der Waals surface area contributed by atoms with E-state index >= 15 is 0 Å². The van der Waals surface area contributed by atoms with E-state index in [2.05, 4.69) is 12.2 Å². The maximum Gasteiger partial charge on any atom is 0.307 e. The van der Waals surface area contributed by atoms with Crippen LogP contribution in [0.2, 0.25) is 0 Å². The van der Waals surface area contributed by atoms with E-state index in [1.54, 1.807) is 45.6 Å². The number of carboxylic acid groups (broad SMARTS) is 1. The Morgan fingerprint density at radius 1 is 0.675 bits per heavy atom. The van der Waals surface area contributed by atoms with Crippen molar-refractivity contribution in [2.45, 2.75) is 71.1 Å². The van der Waals surface area contributed by atoms with E-state index in [0.29, 0.717) is 29.5 Å². The van der Waals surface area contributed by atoms with Crippen LogP contribution in [0.25, 0.3) is 0 Å². The van der Waals surface area contributed by atoms with Crippen LogP contribution in [0.5, 0.6) is 23.0 Å². The lowest BCUT2D eigenvalue weighted by Gasteiger charge is -2.24. The molecule has 2 aromatic carbocycles. The van der Waals surface area contributed by atoms with Crippen molar-refractivity contribution in [3.8, 4) is 23.0 Å². The van der Waals surface area contributed by atoms with Crippen LogP contribution in [0.3, 0.4) is 0 Å². The summed E-state index contributed by atoms with van der Waals surface area (Å²) in [6.07, 6.45) is 9.73. The summed E-state index contributed by atoms with van der Waals surface area (Å²) < 4.78 is 21.5. The van der Waals surface area contributed by atoms with Gasteiger partial charge in [0.1, 0.15) is 0 Å². The van der Waals surface area contributed by atoms with Crippen molar-refractivity contribution in [3.63, 3.8) is 0 Å². The summed E-state index contributed by atoms with van der Waals surface area (Å²) in [4.78, 5) is 26.1. The Morgan fingerprint density at radius 3 is 1.57 bits per heavy atom. The van der Waals surface area contributed by atoms with Crippen LogP contribution < -0.4 is 24.3 Å². The maximum atomic E-state index is 13.5. The Bertz CT molecular complexity index is 1060. The fourth-order valence-corrected chi connectivity index (χ4v) is 4.94. The van der Waals surface area contributed by atoms with Gasteiger partial charge in [0, 0.05) is 6.54 Å². The van der Waals surface area contributed by atoms with Gasteiger partial charge in [-0.05, 0) is 54.7 Å². The number of rotatable bonds is 20. The third-order valence-corrected chi connectivity index (χ3v) is 7.28. The second-order valence-corrected chi connectivity index (χ2v) is 10.1. The molecule has 0 spiro atoms. The molecular weight excluding hydrogens is 510 g/mol.